The van der Waals surface area contributed by atoms with Gasteiger partial charge in [-0.3, -0.25) is 0 Å². The minimum absolute atomic E-state index is 0. The second-order valence-electron chi connectivity index (χ2n) is 13.7. The predicted octanol–water partition coefficient (Wildman–Crippen LogP) is 9.13. The minimum Gasteiger partial charge on any atom is -0.497 e. The number of allylic oxidation sites excluding steroid dienone is 2. The molecular weight excluding hydrogens is 761 g/mol. The Bertz CT molecular complexity index is 1740. The third kappa shape index (κ3) is 16.4. The van der Waals surface area contributed by atoms with Crippen molar-refractivity contribution in [2.75, 3.05) is 39.9 Å². The monoisotopic (exact) mass is 822 g/mol. The van der Waals surface area contributed by atoms with Gasteiger partial charge in [0.2, 0.25) is 20.0 Å². The van der Waals surface area contributed by atoms with Gasteiger partial charge in [0.15, 0.2) is 0 Å². The van der Waals surface area contributed by atoms with E-state index in [0.29, 0.717) is 39.0 Å². The molecule has 0 bridgehead atoms. The normalized spacial score (nSPS) is 12.4. The maximum absolute atomic E-state index is 13.1. The van der Waals surface area contributed by atoms with Crippen LogP contribution in [0.5, 0.6) is 23.0 Å². The Morgan fingerprint density at radius 1 is 0.474 bits per heavy atom. The third-order valence-electron chi connectivity index (χ3n) is 8.99. The van der Waals surface area contributed by atoms with Crippen LogP contribution in [0.1, 0.15) is 56.4 Å². The molecule has 12 heteroatoms. The number of hydrogen-bond acceptors (Lipinski definition) is 8. The van der Waals surface area contributed by atoms with Crippen LogP contribution in [-0.2, 0) is 46.2 Å². The zero-order valence-corrected chi connectivity index (χ0v) is 35.2. The molecule has 312 valence electrons. The van der Waals surface area contributed by atoms with Crippen LogP contribution in [0.15, 0.2) is 122 Å². The summed E-state index contributed by atoms with van der Waals surface area (Å²) in [5.74, 6) is 3.17. The summed E-state index contributed by atoms with van der Waals surface area (Å²) >= 11 is 0. The number of rotatable bonds is 22. The molecule has 0 aliphatic heterocycles. The molecular formula is C45H62N2O8S2. The summed E-state index contributed by atoms with van der Waals surface area (Å²) in [6, 6.07) is 29.9. The van der Waals surface area contributed by atoms with Gasteiger partial charge in [-0.2, -0.15) is 8.61 Å². The number of hydrogen-bond donors (Lipinski definition) is 0. The summed E-state index contributed by atoms with van der Waals surface area (Å²) in [6.07, 6.45) is 4.85. The van der Waals surface area contributed by atoms with E-state index in [1.54, 1.807) is 40.6 Å². The molecule has 0 aliphatic carbocycles. The van der Waals surface area contributed by atoms with E-state index in [2.05, 4.69) is 13.2 Å². The summed E-state index contributed by atoms with van der Waals surface area (Å²) in [7, 11) is -0.467. The second kappa shape index (κ2) is 24.2. The van der Waals surface area contributed by atoms with E-state index >= 15 is 0 Å². The zero-order valence-electron chi connectivity index (χ0n) is 33.6. The molecule has 4 aromatic carbocycles. The van der Waals surface area contributed by atoms with Crippen molar-refractivity contribution in [1.29, 1.82) is 0 Å². The van der Waals surface area contributed by atoms with E-state index in [1.807, 2.05) is 111 Å². The highest BCUT2D eigenvalue weighted by atomic mass is 32.2. The lowest BCUT2D eigenvalue weighted by molar-refractivity contribution is 0.393. The fraction of sp³-hybridized carbons (Fsp3) is 0.378. The highest BCUT2D eigenvalue weighted by Crippen LogP contribution is 2.23. The van der Waals surface area contributed by atoms with Crippen molar-refractivity contribution in [3.8, 4) is 23.0 Å². The average Bonchev–Trinajstić information content (AvgIpc) is 3.18. The molecule has 0 saturated carbocycles. The van der Waals surface area contributed by atoms with Crippen molar-refractivity contribution in [2.24, 2.45) is 11.8 Å². The summed E-state index contributed by atoms with van der Waals surface area (Å²) in [6.45, 7) is 12.5. The van der Waals surface area contributed by atoms with Crippen LogP contribution in [0, 0.1) is 11.8 Å². The standard InChI is InChI=1S/2C22H29NO4S.CH4/c2*1-5-6-18(2)17-28(24,25)23(15-19-7-11-21(26-3)12-8-19)16-20-9-13-22(27-4)14-10-20;/h2*5,7-14,18H,1,6,15-17H2,2-4H3;1H4/t2*18-;/m10./s1. The fourth-order valence-electron chi connectivity index (χ4n) is 5.88. The summed E-state index contributed by atoms with van der Waals surface area (Å²) in [5.41, 5.74) is 3.65. The lowest BCUT2D eigenvalue weighted by atomic mass is 10.1. The molecule has 0 amide bonds. The minimum atomic E-state index is -3.45. The molecule has 0 radical (unpaired) electrons. The Morgan fingerprint density at radius 3 is 0.860 bits per heavy atom. The first-order valence-corrected chi connectivity index (χ1v) is 21.7. The molecule has 0 unspecified atom stereocenters. The SMILES string of the molecule is C.C=CC[C@@H](C)CS(=O)(=O)N(Cc1ccc(OC)cc1)Cc1ccc(OC)cc1.C=CC[C@H](C)CS(=O)(=O)N(Cc1ccc(OC)cc1)Cc1ccc(OC)cc1. The van der Waals surface area contributed by atoms with Crippen LogP contribution in [0.25, 0.3) is 0 Å². The second-order valence-corrected chi connectivity index (χ2v) is 17.8. The van der Waals surface area contributed by atoms with Crippen molar-refractivity contribution in [3.63, 3.8) is 0 Å². The Balaban J connectivity index is 0.000000387. The molecule has 0 spiro atoms. The molecule has 0 heterocycles. The molecule has 0 aliphatic rings. The molecule has 0 saturated heterocycles. The topological polar surface area (TPSA) is 112 Å². The Labute approximate surface area is 342 Å². The van der Waals surface area contributed by atoms with Gasteiger partial charge < -0.3 is 18.9 Å². The number of ether oxygens (including phenoxy) is 4. The van der Waals surface area contributed by atoms with Crippen LogP contribution in [0.2, 0.25) is 0 Å². The van der Waals surface area contributed by atoms with Crippen LogP contribution >= 0.6 is 0 Å². The largest absolute Gasteiger partial charge is 0.497 e. The van der Waals surface area contributed by atoms with Gasteiger partial charge in [-0.05, 0) is 95.5 Å². The van der Waals surface area contributed by atoms with E-state index in [0.717, 1.165) is 45.3 Å². The van der Waals surface area contributed by atoms with Gasteiger partial charge in [-0.25, -0.2) is 16.8 Å². The van der Waals surface area contributed by atoms with Crippen molar-refractivity contribution < 1.29 is 35.8 Å². The Kier molecular flexibility index (Phi) is 20.6. The van der Waals surface area contributed by atoms with Gasteiger partial charge >= 0.3 is 0 Å². The molecule has 0 fully saturated rings. The van der Waals surface area contributed by atoms with Gasteiger partial charge in [0, 0.05) is 26.2 Å². The third-order valence-corrected chi connectivity index (χ3v) is 13.1. The summed E-state index contributed by atoms with van der Waals surface area (Å²) in [5, 5.41) is 0. The smallest absolute Gasteiger partial charge is 0.214 e. The lowest BCUT2D eigenvalue weighted by Crippen LogP contribution is -2.34. The number of methoxy groups -OCH3 is 4. The quantitative estimate of drug-likeness (QED) is 0.0722. The predicted molar refractivity (Wildman–Crippen MR) is 233 cm³/mol. The van der Waals surface area contributed by atoms with E-state index < -0.39 is 20.0 Å². The Morgan fingerprint density at radius 2 is 0.684 bits per heavy atom. The van der Waals surface area contributed by atoms with Gasteiger partial charge in [-0.1, -0.05) is 82.0 Å². The van der Waals surface area contributed by atoms with Gasteiger partial charge in [0.05, 0.1) is 39.9 Å². The Hall–Kier alpha value is -4.62. The molecule has 57 heavy (non-hydrogen) atoms. The highest BCUT2D eigenvalue weighted by Gasteiger charge is 2.26. The van der Waals surface area contributed by atoms with Gasteiger partial charge in [0.25, 0.3) is 0 Å². The summed E-state index contributed by atoms with van der Waals surface area (Å²) < 4.78 is 76.3. The number of nitrogens with zero attached hydrogens (tertiary/aromatic N) is 2. The molecule has 0 N–H and O–H groups in total. The summed E-state index contributed by atoms with van der Waals surface area (Å²) in [4.78, 5) is 0. The first-order chi connectivity index (χ1) is 26.7. The lowest BCUT2D eigenvalue weighted by Gasteiger charge is -2.24. The number of sulfonamides is 2. The van der Waals surface area contributed by atoms with E-state index in [9.17, 15) is 16.8 Å². The van der Waals surface area contributed by atoms with Gasteiger partial charge in [-0.15, -0.1) is 13.2 Å². The van der Waals surface area contributed by atoms with E-state index in [-0.39, 0.29) is 30.8 Å². The van der Waals surface area contributed by atoms with Crippen LogP contribution in [0.3, 0.4) is 0 Å². The van der Waals surface area contributed by atoms with Crippen LogP contribution in [-0.4, -0.2) is 65.4 Å². The molecule has 2 atom stereocenters. The average molecular weight is 823 g/mol. The van der Waals surface area contributed by atoms with Crippen LogP contribution in [0.4, 0.5) is 0 Å². The maximum atomic E-state index is 13.1. The molecule has 0 aromatic heterocycles. The van der Waals surface area contributed by atoms with Crippen LogP contribution < -0.4 is 18.9 Å². The van der Waals surface area contributed by atoms with E-state index in [4.69, 9.17) is 18.9 Å². The number of benzene rings is 4. The first kappa shape index (κ1) is 48.5. The van der Waals surface area contributed by atoms with Crippen molar-refractivity contribution >= 4 is 20.0 Å². The highest BCUT2D eigenvalue weighted by molar-refractivity contribution is 7.89. The molecule has 4 rings (SSSR count). The first-order valence-electron chi connectivity index (χ1n) is 18.4. The fourth-order valence-corrected chi connectivity index (χ4v) is 9.39. The van der Waals surface area contributed by atoms with Gasteiger partial charge in [0.1, 0.15) is 23.0 Å². The van der Waals surface area contributed by atoms with Crippen molar-refractivity contribution in [1.82, 2.24) is 8.61 Å². The maximum Gasteiger partial charge on any atom is 0.214 e. The van der Waals surface area contributed by atoms with Crippen molar-refractivity contribution in [2.45, 2.75) is 60.3 Å². The van der Waals surface area contributed by atoms with E-state index in [1.165, 1.54) is 8.61 Å². The zero-order chi connectivity index (χ0) is 41.1. The molecule has 10 nitrogen and oxygen atoms in total. The van der Waals surface area contributed by atoms with Crippen molar-refractivity contribution in [3.05, 3.63) is 145 Å². The molecule has 4 aromatic rings.